The van der Waals surface area contributed by atoms with Crippen molar-refractivity contribution in [2.24, 2.45) is 5.10 Å². The van der Waals surface area contributed by atoms with Gasteiger partial charge in [-0.05, 0) is 50.3 Å². The van der Waals surface area contributed by atoms with Gasteiger partial charge in [0.2, 0.25) is 0 Å². The zero-order chi connectivity index (χ0) is 24.5. The zero-order valence-electron chi connectivity index (χ0n) is 18.2. The van der Waals surface area contributed by atoms with Crippen LogP contribution in [0.25, 0.3) is 6.08 Å². The predicted octanol–water partition coefficient (Wildman–Crippen LogP) is 4.48. The average Bonchev–Trinajstić information content (AvgIpc) is 3.09. The van der Waals surface area contributed by atoms with E-state index in [1.165, 1.54) is 48.5 Å². The van der Waals surface area contributed by atoms with Crippen LogP contribution in [0.5, 0.6) is 5.75 Å². The van der Waals surface area contributed by atoms with Crippen molar-refractivity contribution in [2.75, 3.05) is 5.01 Å². The van der Waals surface area contributed by atoms with E-state index >= 15 is 0 Å². The molecule has 4 rings (SSSR count). The van der Waals surface area contributed by atoms with Crippen LogP contribution in [0.15, 0.2) is 88.4 Å². The van der Waals surface area contributed by atoms with Crippen LogP contribution in [0.2, 0.25) is 0 Å². The number of nitrogens with zero attached hydrogens (tertiary/aromatic N) is 3. The van der Waals surface area contributed by atoms with Gasteiger partial charge in [0.15, 0.2) is 0 Å². The largest absolute Gasteiger partial charge is 0.378 e. The van der Waals surface area contributed by atoms with Gasteiger partial charge in [0.05, 0.1) is 21.9 Å². The summed E-state index contributed by atoms with van der Waals surface area (Å²) in [6, 6.07) is 18.2. The molecule has 10 heteroatoms. The molecule has 0 bridgehead atoms. The molecule has 0 unspecified atom stereocenters. The van der Waals surface area contributed by atoms with Crippen LogP contribution < -0.4 is 9.19 Å². The van der Waals surface area contributed by atoms with Crippen molar-refractivity contribution in [3.63, 3.8) is 0 Å². The summed E-state index contributed by atoms with van der Waals surface area (Å²) in [4.78, 5) is 23.4. The third-order valence-electron chi connectivity index (χ3n) is 5.10. The van der Waals surface area contributed by atoms with E-state index in [-0.39, 0.29) is 21.9 Å². The van der Waals surface area contributed by atoms with E-state index in [0.717, 1.165) is 10.6 Å². The normalized spacial score (nSPS) is 14.9. The predicted molar refractivity (Wildman–Crippen MR) is 127 cm³/mol. The second-order valence-corrected chi connectivity index (χ2v) is 9.07. The highest BCUT2D eigenvalue weighted by atomic mass is 32.2. The minimum absolute atomic E-state index is 0.0135. The Labute approximate surface area is 195 Å². The summed E-state index contributed by atoms with van der Waals surface area (Å²) in [6.07, 6.45) is 1.51. The molecule has 0 radical (unpaired) electrons. The first-order valence-corrected chi connectivity index (χ1v) is 11.5. The molecule has 1 amide bonds. The van der Waals surface area contributed by atoms with Crippen molar-refractivity contribution >= 4 is 39.2 Å². The van der Waals surface area contributed by atoms with Crippen molar-refractivity contribution in [3.05, 3.63) is 99.6 Å². The first-order valence-electron chi connectivity index (χ1n) is 10.1. The highest BCUT2D eigenvalue weighted by molar-refractivity contribution is 7.87. The van der Waals surface area contributed by atoms with E-state index in [4.69, 9.17) is 4.18 Å². The lowest BCUT2D eigenvalue weighted by Gasteiger charge is -2.12. The number of hydrazone groups is 1. The summed E-state index contributed by atoms with van der Waals surface area (Å²) in [7, 11) is -4.09. The van der Waals surface area contributed by atoms with Crippen LogP contribution in [0.1, 0.15) is 18.1 Å². The zero-order valence-corrected chi connectivity index (χ0v) is 19.0. The number of nitro benzene ring substituents is 1. The molecule has 0 fully saturated rings. The number of carbonyl (C=O) groups is 1. The van der Waals surface area contributed by atoms with E-state index < -0.39 is 20.9 Å². The molecule has 0 saturated heterocycles. The lowest BCUT2D eigenvalue weighted by Crippen LogP contribution is -2.21. The molecule has 0 saturated carbocycles. The van der Waals surface area contributed by atoms with E-state index in [2.05, 4.69) is 5.10 Å². The molecule has 0 atom stereocenters. The SMILES string of the molecule is CC1=NN(c2ccc([N+](=O)[O-])cc2)C(=O)/C1=C\c1ccccc1OS(=O)(=O)c1ccc(C)cc1. The minimum atomic E-state index is -4.09. The van der Waals surface area contributed by atoms with Gasteiger partial charge in [0, 0.05) is 17.7 Å². The Morgan fingerprint density at radius 3 is 2.26 bits per heavy atom. The fourth-order valence-electron chi connectivity index (χ4n) is 3.28. The summed E-state index contributed by atoms with van der Waals surface area (Å²) < 4.78 is 30.9. The maximum absolute atomic E-state index is 13.0. The molecule has 3 aromatic carbocycles. The van der Waals surface area contributed by atoms with Crippen molar-refractivity contribution in [1.82, 2.24) is 0 Å². The fourth-order valence-corrected chi connectivity index (χ4v) is 4.23. The number of anilines is 1. The van der Waals surface area contributed by atoms with E-state index in [1.54, 1.807) is 37.3 Å². The Hall–Kier alpha value is -4.31. The molecular weight excluding hydrogens is 458 g/mol. The topological polar surface area (TPSA) is 119 Å². The standard InChI is InChI=1S/C24H19N3O6S/c1-16-7-13-21(14-8-16)34(31,32)33-23-6-4-3-5-18(23)15-22-17(2)25-26(24(22)28)19-9-11-20(12-10-19)27(29)30/h3-15H,1-2H3/b22-15-. The van der Waals surface area contributed by atoms with Crippen LogP contribution in [-0.2, 0) is 14.9 Å². The molecule has 1 aliphatic rings. The van der Waals surface area contributed by atoms with Gasteiger partial charge in [0.25, 0.3) is 11.6 Å². The molecule has 1 heterocycles. The van der Waals surface area contributed by atoms with Gasteiger partial charge in [-0.15, -0.1) is 0 Å². The summed E-state index contributed by atoms with van der Waals surface area (Å²) >= 11 is 0. The van der Waals surface area contributed by atoms with E-state index in [9.17, 15) is 23.3 Å². The third kappa shape index (κ3) is 4.57. The Bertz CT molecular complexity index is 1440. The average molecular weight is 477 g/mol. The number of amides is 1. The second-order valence-electron chi connectivity index (χ2n) is 7.52. The molecule has 0 spiro atoms. The van der Waals surface area contributed by atoms with Crippen LogP contribution in [0, 0.1) is 17.0 Å². The van der Waals surface area contributed by atoms with Gasteiger partial charge in [-0.2, -0.15) is 18.5 Å². The summed E-state index contributed by atoms with van der Waals surface area (Å²) in [5.74, 6) is -0.396. The van der Waals surface area contributed by atoms with Crippen LogP contribution >= 0.6 is 0 Å². The summed E-state index contributed by atoms with van der Waals surface area (Å²) in [5, 5.41) is 16.3. The van der Waals surface area contributed by atoms with Crippen LogP contribution in [-0.4, -0.2) is 25.0 Å². The van der Waals surface area contributed by atoms with E-state index in [1.807, 2.05) is 6.92 Å². The number of benzene rings is 3. The monoisotopic (exact) mass is 477 g/mol. The Kier molecular flexibility index (Phi) is 5.99. The molecule has 9 nitrogen and oxygen atoms in total. The lowest BCUT2D eigenvalue weighted by molar-refractivity contribution is -0.384. The van der Waals surface area contributed by atoms with E-state index in [0.29, 0.717) is 17.0 Å². The molecule has 0 N–H and O–H groups in total. The highest BCUT2D eigenvalue weighted by Crippen LogP contribution is 2.30. The Morgan fingerprint density at radius 2 is 1.62 bits per heavy atom. The minimum Gasteiger partial charge on any atom is -0.378 e. The highest BCUT2D eigenvalue weighted by Gasteiger charge is 2.29. The maximum atomic E-state index is 13.0. The van der Waals surface area contributed by atoms with Gasteiger partial charge in [-0.1, -0.05) is 35.9 Å². The van der Waals surface area contributed by atoms with Gasteiger partial charge in [-0.3, -0.25) is 14.9 Å². The molecule has 3 aromatic rings. The van der Waals surface area contributed by atoms with Crippen LogP contribution in [0.4, 0.5) is 11.4 Å². The Balaban J connectivity index is 1.64. The number of hydrogen-bond donors (Lipinski definition) is 0. The van der Waals surface area contributed by atoms with Gasteiger partial charge < -0.3 is 4.18 Å². The molecule has 1 aliphatic heterocycles. The maximum Gasteiger partial charge on any atom is 0.339 e. The third-order valence-corrected chi connectivity index (χ3v) is 6.34. The molecule has 0 aromatic heterocycles. The van der Waals surface area contributed by atoms with Gasteiger partial charge in [-0.25, -0.2) is 0 Å². The quantitative estimate of drug-likeness (QED) is 0.224. The first-order chi connectivity index (χ1) is 16.2. The molecule has 0 aliphatic carbocycles. The number of carbonyl (C=O) groups excluding carboxylic acids is 1. The number of rotatable bonds is 6. The number of aryl methyl sites for hydroxylation is 1. The number of non-ortho nitro benzene ring substituents is 1. The number of nitro groups is 1. The lowest BCUT2D eigenvalue weighted by atomic mass is 10.1. The Morgan fingerprint density at radius 1 is 0.971 bits per heavy atom. The molecule has 172 valence electrons. The summed E-state index contributed by atoms with van der Waals surface area (Å²) in [5.41, 5.74) is 2.19. The van der Waals surface area contributed by atoms with Crippen molar-refractivity contribution < 1.29 is 22.3 Å². The van der Waals surface area contributed by atoms with Crippen molar-refractivity contribution in [1.29, 1.82) is 0 Å². The number of hydrogen-bond acceptors (Lipinski definition) is 7. The number of para-hydroxylation sites is 1. The van der Waals surface area contributed by atoms with Gasteiger partial charge in [0.1, 0.15) is 10.6 Å². The second kappa shape index (κ2) is 8.91. The molecule has 34 heavy (non-hydrogen) atoms. The van der Waals surface area contributed by atoms with Crippen molar-refractivity contribution in [2.45, 2.75) is 18.7 Å². The smallest absolute Gasteiger partial charge is 0.339 e. The van der Waals surface area contributed by atoms with Crippen molar-refractivity contribution in [3.8, 4) is 5.75 Å². The van der Waals surface area contributed by atoms with Crippen LogP contribution in [0.3, 0.4) is 0 Å². The fraction of sp³-hybridized carbons (Fsp3) is 0.0833. The van der Waals surface area contributed by atoms with Gasteiger partial charge >= 0.3 is 10.1 Å². The summed E-state index contributed by atoms with van der Waals surface area (Å²) in [6.45, 7) is 3.49. The first kappa shape index (κ1) is 22.9. The molecular formula is C24H19N3O6S.